The molecule has 1 aliphatic rings. The summed E-state index contributed by atoms with van der Waals surface area (Å²) in [6.45, 7) is 0. The molecule has 0 aliphatic heterocycles. The van der Waals surface area contributed by atoms with Gasteiger partial charge in [0.15, 0.2) is 11.6 Å². The molecule has 2 heteroatoms. The van der Waals surface area contributed by atoms with Crippen molar-refractivity contribution < 1.29 is 9.59 Å². The van der Waals surface area contributed by atoms with E-state index in [0.29, 0.717) is 12.8 Å². The van der Waals surface area contributed by atoms with E-state index >= 15 is 0 Å². The van der Waals surface area contributed by atoms with Gasteiger partial charge in [-0.05, 0) is 25.7 Å². The average molecular weight is 250 g/mol. The molecule has 0 aromatic rings. The van der Waals surface area contributed by atoms with Crippen LogP contribution >= 0.6 is 0 Å². The average Bonchev–Trinajstić information content (AvgIpc) is 2.37. The van der Waals surface area contributed by atoms with Crippen molar-refractivity contribution in [2.75, 3.05) is 0 Å². The van der Waals surface area contributed by atoms with Crippen LogP contribution in [0.5, 0.6) is 0 Å². The Morgan fingerprint density at radius 3 is 1.78 bits per heavy atom. The largest absolute Gasteiger partial charge is 0.291 e. The third-order valence-corrected chi connectivity index (χ3v) is 3.54. The number of allylic oxidation sites excluding steroid dienone is 2. The van der Waals surface area contributed by atoms with Crippen molar-refractivity contribution >= 4 is 11.6 Å². The Bertz CT molecular complexity index is 279. The maximum Gasteiger partial charge on any atom is 0.198 e. The first-order valence-electron chi connectivity index (χ1n) is 7.52. The van der Waals surface area contributed by atoms with Gasteiger partial charge in [-0.1, -0.05) is 50.7 Å². The van der Waals surface area contributed by atoms with Gasteiger partial charge in [-0.2, -0.15) is 0 Å². The first-order chi connectivity index (χ1) is 8.80. The van der Waals surface area contributed by atoms with Crippen LogP contribution in [0.2, 0.25) is 0 Å². The summed E-state index contributed by atoms with van der Waals surface area (Å²) in [5.41, 5.74) is 0. The molecule has 0 fully saturated rings. The second-order valence-electron chi connectivity index (χ2n) is 5.22. The summed E-state index contributed by atoms with van der Waals surface area (Å²) in [6, 6.07) is 0. The molecule has 18 heavy (non-hydrogen) atoms. The molecule has 0 atom stereocenters. The standard InChI is InChI=1S/C16H26O2/c17-15-13-11-9-7-5-3-1-2-4-6-8-10-12-14-16(15)18/h7,9H,1-6,8,10-14H2/b9-7+. The smallest absolute Gasteiger partial charge is 0.198 e. The van der Waals surface area contributed by atoms with Gasteiger partial charge in [0.1, 0.15) is 0 Å². The predicted molar refractivity (Wildman–Crippen MR) is 74.6 cm³/mol. The van der Waals surface area contributed by atoms with Crippen molar-refractivity contribution in [2.24, 2.45) is 0 Å². The van der Waals surface area contributed by atoms with Crippen LogP contribution in [-0.4, -0.2) is 11.6 Å². The van der Waals surface area contributed by atoms with Crippen LogP contribution in [0.3, 0.4) is 0 Å². The van der Waals surface area contributed by atoms with Gasteiger partial charge in [-0.3, -0.25) is 9.59 Å². The van der Waals surface area contributed by atoms with Gasteiger partial charge in [0, 0.05) is 12.8 Å². The number of hydrogen-bond donors (Lipinski definition) is 0. The molecule has 102 valence electrons. The maximum atomic E-state index is 11.5. The van der Waals surface area contributed by atoms with Crippen molar-refractivity contribution in [3.8, 4) is 0 Å². The lowest BCUT2D eigenvalue weighted by molar-refractivity contribution is -0.136. The number of rotatable bonds is 0. The highest BCUT2D eigenvalue weighted by atomic mass is 16.2. The van der Waals surface area contributed by atoms with Crippen LogP contribution in [0, 0.1) is 0 Å². The van der Waals surface area contributed by atoms with Gasteiger partial charge >= 0.3 is 0 Å². The van der Waals surface area contributed by atoms with Crippen molar-refractivity contribution in [1.29, 1.82) is 0 Å². The highest BCUT2D eigenvalue weighted by Crippen LogP contribution is 2.12. The summed E-state index contributed by atoms with van der Waals surface area (Å²) < 4.78 is 0. The minimum Gasteiger partial charge on any atom is -0.291 e. The van der Waals surface area contributed by atoms with E-state index in [9.17, 15) is 9.59 Å². The number of Topliss-reactive ketones (excluding diaryl/α,β-unsaturated/α-hetero) is 2. The first kappa shape index (κ1) is 15.1. The van der Waals surface area contributed by atoms with Crippen LogP contribution in [0.1, 0.15) is 77.0 Å². The Labute approximate surface area is 111 Å². The minimum absolute atomic E-state index is 0.157. The zero-order valence-electron chi connectivity index (χ0n) is 11.5. The molecule has 0 radical (unpaired) electrons. The van der Waals surface area contributed by atoms with Crippen LogP contribution in [0.25, 0.3) is 0 Å². The fraction of sp³-hybridized carbons (Fsp3) is 0.750. The Balaban J connectivity index is 2.32. The third kappa shape index (κ3) is 7.41. The first-order valence-corrected chi connectivity index (χ1v) is 7.52. The topological polar surface area (TPSA) is 34.1 Å². The molecule has 0 N–H and O–H groups in total. The van der Waals surface area contributed by atoms with E-state index in [2.05, 4.69) is 12.2 Å². The Morgan fingerprint density at radius 2 is 1.06 bits per heavy atom. The summed E-state index contributed by atoms with van der Waals surface area (Å²) in [5, 5.41) is 0. The van der Waals surface area contributed by atoms with Crippen molar-refractivity contribution in [2.45, 2.75) is 77.0 Å². The van der Waals surface area contributed by atoms with Gasteiger partial charge in [0.05, 0.1) is 0 Å². The molecule has 0 saturated carbocycles. The zero-order chi connectivity index (χ0) is 13.1. The second kappa shape index (κ2) is 10.0. The van der Waals surface area contributed by atoms with Gasteiger partial charge in [0.25, 0.3) is 0 Å². The highest BCUT2D eigenvalue weighted by molar-refractivity contribution is 6.37. The van der Waals surface area contributed by atoms with E-state index in [4.69, 9.17) is 0 Å². The van der Waals surface area contributed by atoms with E-state index in [1.165, 1.54) is 38.5 Å². The van der Waals surface area contributed by atoms with Crippen molar-refractivity contribution in [3.05, 3.63) is 12.2 Å². The molecule has 0 heterocycles. The van der Waals surface area contributed by atoms with E-state index in [-0.39, 0.29) is 11.6 Å². The van der Waals surface area contributed by atoms with Gasteiger partial charge in [-0.15, -0.1) is 0 Å². The fourth-order valence-corrected chi connectivity index (χ4v) is 2.34. The summed E-state index contributed by atoms with van der Waals surface area (Å²) >= 11 is 0. The number of hydrogen-bond acceptors (Lipinski definition) is 2. The summed E-state index contributed by atoms with van der Waals surface area (Å²) in [5.74, 6) is -0.331. The monoisotopic (exact) mass is 250 g/mol. The summed E-state index contributed by atoms with van der Waals surface area (Å²) in [6.07, 6.45) is 16.6. The zero-order valence-corrected chi connectivity index (χ0v) is 11.5. The Hall–Kier alpha value is -0.920. The molecule has 0 aromatic heterocycles. The van der Waals surface area contributed by atoms with Gasteiger partial charge in [0.2, 0.25) is 0 Å². The highest BCUT2D eigenvalue weighted by Gasteiger charge is 2.11. The lowest BCUT2D eigenvalue weighted by atomic mass is 10.0. The molecule has 1 rings (SSSR count). The Kier molecular flexibility index (Phi) is 8.45. The van der Waals surface area contributed by atoms with Crippen LogP contribution in [0.4, 0.5) is 0 Å². The van der Waals surface area contributed by atoms with E-state index < -0.39 is 0 Å². The molecule has 0 spiro atoms. The van der Waals surface area contributed by atoms with E-state index in [1.807, 2.05) is 0 Å². The summed E-state index contributed by atoms with van der Waals surface area (Å²) in [4.78, 5) is 23.1. The quantitative estimate of drug-likeness (QED) is 0.472. The van der Waals surface area contributed by atoms with Gasteiger partial charge < -0.3 is 0 Å². The van der Waals surface area contributed by atoms with E-state index in [0.717, 1.165) is 25.7 Å². The Morgan fingerprint density at radius 1 is 0.556 bits per heavy atom. The molecular weight excluding hydrogens is 224 g/mol. The molecule has 1 aliphatic carbocycles. The molecule has 0 unspecified atom stereocenters. The van der Waals surface area contributed by atoms with Crippen LogP contribution in [-0.2, 0) is 9.59 Å². The SMILES string of the molecule is O=C1CC/C=C/CCCCCCCCCCC1=O. The number of carbonyl (C=O) groups is 2. The maximum absolute atomic E-state index is 11.5. The minimum atomic E-state index is -0.174. The molecule has 0 amide bonds. The van der Waals surface area contributed by atoms with E-state index in [1.54, 1.807) is 0 Å². The normalized spacial score (nSPS) is 23.8. The van der Waals surface area contributed by atoms with Crippen LogP contribution < -0.4 is 0 Å². The number of carbonyl (C=O) groups excluding carboxylic acids is 2. The summed E-state index contributed by atoms with van der Waals surface area (Å²) in [7, 11) is 0. The molecule has 0 aromatic carbocycles. The fourth-order valence-electron chi connectivity index (χ4n) is 2.34. The van der Waals surface area contributed by atoms with Crippen molar-refractivity contribution in [3.63, 3.8) is 0 Å². The van der Waals surface area contributed by atoms with Crippen molar-refractivity contribution in [1.82, 2.24) is 0 Å². The molecule has 0 saturated heterocycles. The van der Waals surface area contributed by atoms with Gasteiger partial charge in [-0.25, -0.2) is 0 Å². The molecule has 0 bridgehead atoms. The predicted octanol–water partition coefficient (Wildman–Crippen LogP) is 4.38. The molecular formula is C16H26O2. The van der Waals surface area contributed by atoms with Crippen LogP contribution in [0.15, 0.2) is 12.2 Å². The third-order valence-electron chi connectivity index (χ3n) is 3.54. The molecule has 2 nitrogen and oxygen atoms in total. The lowest BCUT2D eigenvalue weighted by Gasteiger charge is -2.03. The number of ketones is 2. The lowest BCUT2D eigenvalue weighted by Crippen LogP contribution is -2.12. The second-order valence-corrected chi connectivity index (χ2v) is 5.22.